The molecule has 0 aromatic heterocycles. The van der Waals surface area contributed by atoms with Crippen molar-refractivity contribution in [2.24, 2.45) is 5.10 Å². The Balaban J connectivity index is 2.93. The van der Waals surface area contributed by atoms with Gasteiger partial charge in [0.2, 0.25) is 5.11 Å². The quantitative estimate of drug-likeness (QED) is 0.487. The van der Waals surface area contributed by atoms with Gasteiger partial charge in [-0.3, -0.25) is 0 Å². The van der Waals surface area contributed by atoms with Gasteiger partial charge >= 0.3 is 6.09 Å². The number of carbonyl (C=O) groups excluding carboxylic acids is 1. The Morgan fingerprint density at radius 1 is 1.33 bits per heavy atom. The Hall–Kier alpha value is -2.21. The number of thiocarbonyl (C=S) groups is 1. The molecular weight excluding hydrogens is 286 g/mol. The maximum atomic E-state index is 11.9. The summed E-state index contributed by atoms with van der Waals surface area (Å²) in [5.74, 6) is 0. The Kier molecular flexibility index (Phi) is 6.55. The van der Waals surface area contributed by atoms with E-state index in [1.807, 2.05) is 24.3 Å². The minimum absolute atomic E-state index is 0.257. The molecule has 0 saturated heterocycles. The molecule has 21 heavy (non-hydrogen) atoms. The fourth-order valence-corrected chi connectivity index (χ4v) is 1.51. The number of benzene rings is 1. The molecule has 0 fully saturated rings. The Morgan fingerprint density at radius 2 is 1.90 bits per heavy atom. The van der Waals surface area contributed by atoms with Gasteiger partial charge in [0.15, 0.2) is 0 Å². The van der Waals surface area contributed by atoms with Crippen LogP contribution < -0.4 is 0 Å². The van der Waals surface area contributed by atoms with Gasteiger partial charge in [0.05, 0.1) is 12.8 Å². The molecule has 0 aliphatic rings. The first-order valence-corrected chi connectivity index (χ1v) is 6.85. The van der Waals surface area contributed by atoms with Gasteiger partial charge in [-0.15, -0.1) is 5.01 Å². The average molecular weight is 305 g/mol. The van der Waals surface area contributed by atoms with Crippen molar-refractivity contribution >= 4 is 35.7 Å². The number of ether oxygens (including phenoxy) is 1. The summed E-state index contributed by atoms with van der Waals surface area (Å²) in [6.45, 7) is 5.68. The van der Waals surface area contributed by atoms with E-state index in [-0.39, 0.29) is 11.7 Å². The molecule has 1 aromatic rings. The molecule has 1 aromatic carbocycles. The van der Waals surface area contributed by atoms with Crippen LogP contribution in [0.25, 0.3) is 6.08 Å². The van der Waals surface area contributed by atoms with E-state index in [4.69, 9.17) is 17.0 Å². The van der Waals surface area contributed by atoms with Crippen molar-refractivity contribution in [1.82, 2.24) is 9.91 Å². The van der Waals surface area contributed by atoms with Crippen molar-refractivity contribution in [3.05, 3.63) is 42.0 Å². The number of rotatable bonds is 4. The van der Waals surface area contributed by atoms with Crippen molar-refractivity contribution in [1.29, 1.82) is 0 Å². The lowest BCUT2D eigenvalue weighted by molar-refractivity contribution is 0.127. The molecular formula is C15H19N3O2S. The summed E-state index contributed by atoms with van der Waals surface area (Å²) in [7, 11) is 3.48. The van der Waals surface area contributed by atoms with E-state index in [1.165, 1.54) is 0 Å². The van der Waals surface area contributed by atoms with E-state index >= 15 is 0 Å². The summed E-state index contributed by atoms with van der Waals surface area (Å²) in [4.78, 5) is 13.5. The molecule has 0 bridgehead atoms. The number of nitrogens with zero attached hydrogens (tertiary/aromatic N) is 3. The molecule has 6 heteroatoms. The molecule has 0 spiro atoms. The van der Waals surface area contributed by atoms with Gasteiger partial charge < -0.3 is 9.64 Å². The summed E-state index contributed by atoms with van der Waals surface area (Å²) < 4.78 is 4.95. The van der Waals surface area contributed by atoms with Crippen LogP contribution in [-0.2, 0) is 4.74 Å². The third kappa shape index (κ3) is 5.00. The third-order valence-corrected chi connectivity index (χ3v) is 3.04. The first-order chi connectivity index (χ1) is 9.99. The standard InChI is InChI=1S/C15H19N3O2S/c1-5-12-7-9-13(10-8-12)11-16-18(14(21)17(3)4)15(19)20-6-2/h5,7-11H,1,6H2,2-4H3/b16-11+. The Labute approximate surface area is 130 Å². The van der Waals surface area contributed by atoms with Gasteiger partial charge in [-0.2, -0.15) is 5.10 Å². The highest BCUT2D eigenvalue weighted by molar-refractivity contribution is 7.80. The summed E-state index contributed by atoms with van der Waals surface area (Å²) in [5, 5.41) is 5.43. The zero-order valence-corrected chi connectivity index (χ0v) is 13.3. The second-order valence-electron chi connectivity index (χ2n) is 4.30. The first-order valence-electron chi connectivity index (χ1n) is 6.44. The molecule has 0 aliphatic heterocycles. The Bertz CT molecular complexity index is 538. The fourth-order valence-electron chi connectivity index (χ4n) is 1.39. The highest BCUT2D eigenvalue weighted by Crippen LogP contribution is 2.05. The molecule has 0 atom stereocenters. The maximum Gasteiger partial charge on any atom is 0.437 e. The lowest BCUT2D eigenvalue weighted by Crippen LogP contribution is -2.40. The lowest BCUT2D eigenvalue weighted by Gasteiger charge is -2.21. The summed E-state index contributed by atoms with van der Waals surface area (Å²) in [6, 6.07) is 7.58. The smallest absolute Gasteiger partial charge is 0.437 e. The highest BCUT2D eigenvalue weighted by Gasteiger charge is 2.19. The van der Waals surface area contributed by atoms with Gasteiger partial charge in [0.25, 0.3) is 0 Å². The number of carbonyl (C=O) groups is 1. The molecule has 0 aliphatic carbocycles. The molecule has 0 unspecified atom stereocenters. The molecule has 1 rings (SSSR count). The van der Waals surface area contributed by atoms with E-state index in [1.54, 1.807) is 38.2 Å². The monoisotopic (exact) mass is 305 g/mol. The number of amides is 1. The number of hydrazone groups is 1. The summed E-state index contributed by atoms with van der Waals surface area (Å²) >= 11 is 5.17. The predicted molar refractivity (Wildman–Crippen MR) is 89.3 cm³/mol. The SMILES string of the molecule is C=Cc1ccc(/C=N/N(C(=O)OCC)C(=S)N(C)C)cc1. The van der Waals surface area contributed by atoms with Crippen LogP contribution in [0.5, 0.6) is 0 Å². The van der Waals surface area contributed by atoms with Crippen molar-refractivity contribution in [3.8, 4) is 0 Å². The molecule has 112 valence electrons. The van der Waals surface area contributed by atoms with Gasteiger partial charge in [0.1, 0.15) is 0 Å². The minimum Gasteiger partial charge on any atom is -0.448 e. The van der Waals surface area contributed by atoms with E-state index in [0.29, 0.717) is 0 Å². The Morgan fingerprint density at radius 3 is 2.38 bits per heavy atom. The summed E-state index contributed by atoms with van der Waals surface area (Å²) in [6.07, 6.45) is 2.71. The number of hydrogen-bond acceptors (Lipinski definition) is 4. The van der Waals surface area contributed by atoms with E-state index in [9.17, 15) is 4.79 Å². The fraction of sp³-hybridized carbons (Fsp3) is 0.267. The van der Waals surface area contributed by atoms with Gasteiger partial charge in [-0.05, 0) is 30.3 Å². The van der Waals surface area contributed by atoms with Crippen molar-refractivity contribution in [3.63, 3.8) is 0 Å². The summed E-state index contributed by atoms with van der Waals surface area (Å²) in [5.41, 5.74) is 1.86. The van der Waals surface area contributed by atoms with Gasteiger partial charge in [-0.25, -0.2) is 4.79 Å². The second kappa shape index (κ2) is 8.16. The largest absolute Gasteiger partial charge is 0.448 e. The molecule has 0 saturated carbocycles. The zero-order valence-electron chi connectivity index (χ0n) is 12.4. The van der Waals surface area contributed by atoms with E-state index in [0.717, 1.165) is 16.1 Å². The first kappa shape index (κ1) is 16.8. The molecule has 5 nitrogen and oxygen atoms in total. The van der Waals surface area contributed by atoms with Crippen LogP contribution in [0.1, 0.15) is 18.1 Å². The number of hydrogen-bond donors (Lipinski definition) is 0. The van der Waals surface area contributed by atoms with E-state index < -0.39 is 6.09 Å². The molecule has 1 amide bonds. The van der Waals surface area contributed by atoms with Crippen LogP contribution in [0.3, 0.4) is 0 Å². The van der Waals surface area contributed by atoms with Crippen LogP contribution in [0, 0.1) is 0 Å². The molecule has 0 N–H and O–H groups in total. The van der Waals surface area contributed by atoms with Crippen LogP contribution in [0.4, 0.5) is 4.79 Å². The second-order valence-corrected chi connectivity index (χ2v) is 4.67. The van der Waals surface area contributed by atoms with Gasteiger partial charge in [0, 0.05) is 14.1 Å². The minimum atomic E-state index is -0.602. The topological polar surface area (TPSA) is 45.1 Å². The maximum absolute atomic E-state index is 11.9. The molecule has 0 heterocycles. The third-order valence-electron chi connectivity index (χ3n) is 2.50. The highest BCUT2D eigenvalue weighted by atomic mass is 32.1. The van der Waals surface area contributed by atoms with Crippen LogP contribution in [0.15, 0.2) is 35.9 Å². The van der Waals surface area contributed by atoms with Crippen molar-refractivity contribution < 1.29 is 9.53 Å². The van der Waals surface area contributed by atoms with Crippen molar-refractivity contribution in [2.45, 2.75) is 6.92 Å². The van der Waals surface area contributed by atoms with Crippen LogP contribution >= 0.6 is 12.2 Å². The van der Waals surface area contributed by atoms with E-state index in [2.05, 4.69) is 11.7 Å². The predicted octanol–water partition coefficient (Wildman–Crippen LogP) is 2.97. The van der Waals surface area contributed by atoms with Crippen molar-refractivity contribution in [2.75, 3.05) is 20.7 Å². The van der Waals surface area contributed by atoms with Crippen LogP contribution in [0.2, 0.25) is 0 Å². The zero-order chi connectivity index (χ0) is 15.8. The normalized spacial score (nSPS) is 10.2. The molecule has 0 radical (unpaired) electrons. The average Bonchev–Trinajstić information content (AvgIpc) is 2.48. The van der Waals surface area contributed by atoms with Gasteiger partial charge in [-0.1, -0.05) is 36.9 Å². The lowest BCUT2D eigenvalue weighted by atomic mass is 10.1. The van der Waals surface area contributed by atoms with Crippen LogP contribution in [-0.4, -0.2) is 48.0 Å².